The quantitative estimate of drug-likeness (QED) is 0.649. The highest BCUT2D eigenvalue weighted by Crippen LogP contribution is 2.25. The van der Waals surface area contributed by atoms with E-state index in [1.165, 1.54) is 24.3 Å². The van der Waals surface area contributed by atoms with E-state index in [4.69, 9.17) is 4.42 Å². The molecule has 1 atom stereocenters. The molecule has 0 saturated carbocycles. The summed E-state index contributed by atoms with van der Waals surface area (Å²) in [6, 6.07) is 16.9. The molecule has 30 heavy (non-hydrogen) atoms. The number of hydrogen-bond acceptors (Lipinski definition) is 4. The summed E-state index contributed by atoms with van der Waals surface area (Å²) in [5, 5.41) is 9.58. The third-order valence-corrected chi connectivity index (χ3v) is 5.22. The number of furan rings is 1. The molecule has 3 aromatic rings. The molecule has 1 aromatic heterocycles. The zero-order valence-corrected chi connectivity index (χ0v) is 16.1. The molecule has 7 heteroatoms. The molecule has 0 radical (unpaired) electrons. The van der Waals surface area contributed by atoms with Gasteiger partial charge in [-0.1, -0.05) is 12.1 Å². The van der Waals surface area contributed by atoms with Crippen LogP contribution in [0, 0.1) is 23.0 Å². The highest BCUT2D eigenvalue weighted by atomic mass is 19.1. The fourth-order valence-electron chi connectivity index (χ4n) is 3.57. The van der Waals surface area contributed by atoms with Crippen molar-refractivity contribution < 1.29 is 18.0 Å². The molecule has 0 spiro atoms. The summed E-state index contributed by atoms with van der Waals surface area (Å²) in [6.07, 6.45) is 0. The number of carbonyl (C=O) groups excluding carboxylic acids is 1. The van der Waals surface area contributed by atoms with Gasteiger partial charge >= 0.3 is 0 Å². The van der Waals surface area contributed by atoms with Gasteiger partial charge in [-0.25, -0.2) is 8.78 Å². The molecule has 152 valence electrons. The lowest BCUT2D eigenvalue weighted by Crippen LogP contribution is -2.49. The average Bonchev–Trinajstić information content (AvgIpc) is 3.26. The molecule has 1 aliphatic rings. The van der Waals surface area contributed by atoms with Gasteiger partial charge in [0.05, 0.1) is 6.07 Å². The highest BCUT2D eigenvalue weighted by Gasteiger charge is 2.28. The zero-order valence-electron chi connectivity index (χ0n) is 16.1. The van der Waals surface area contributed by atoms with Crippen molar-refractivity contribution in [3.05, 3.63) is 83.6 Å². The maximum absolute atomic E-state index is 13.2. The third-order valence-electron chi connectivity index (χ3n) is 5.22. The Morgan fingerprint density at radius 2 is 1.50 bits per heavy atom. The lowest BCUT2D eigenvalue weighted by atomic mass is 10.1. The Balaban J connectivity index is 1.40. The van der Waals surface area contributed by atoms with Gasteiger partial charge in [-0.2, -0.15) is 5.26 Å². The third kappa shape index (κ3) is 4.09. The molecule has 1 saturated heterocycles. The molecule has 0 unspecified atom stereocenters. The molecule has 2 aromatic carbocycles. The number of benzene rings is 2. The van der Waals surface area contributed by atoms with E-state index in [-0.39, 0.29) is 23.3 Å². The van der Waals surface area contributed by atoms with Gasteiger partial charge in [0.15, 0.2) is 5.76 Å². The Kier molecular flexibility index (Phi) is 5.59. The van der Waals surface area contributed by atoms with E-state index in [2.05, 4.69) is 6.07 Å². The second-order valence-electron chi connectivity index (χ2n) is 7.08. The minimum absolute atomic E-state index is 0.221. The van der Waals surface area contributed by atoms with Crippen molar-refractivity contribution in [2.75, 3.05) is 26.2 Å². The highest BCUT2D eigenvalue weighted by molar-refractivity contribution is 5.92. The summed E-state index contributed by atoms with van der Waals surface area (Å²) in [4.78, 5) is 16.5. The molecule has 0 bridgehead atoms. The van der Waals surface area contributed by atoms with Crippen LogP contribution in [0.25, 0.3) is 11.3 Å². The standard InChI is InChI=1S/C23H19F2N3O2/c24-18-5-1-16(2-6-18)20(15-26)27-11-13-28(14-12-27)23(29)22-10-9-21(30-22)17-3-7-19(25)8-4-17/h1-10,20H,11-14H2/t20-/m0/s1. The number of piperazine rings is 1. The van der Waals surface area contributed by atoms with Crippen LogP contribution in [0.15, 0.2) is 65.1 Å². The van der Waals surface area contributed by atoms with E-state index in [0.717, 1.165) is 5.56 Å². The van der Waals surface area contributed by atoms with Gasteiger partial charge in [-0.05, 0) is 54.1 Å². The molecular formula is C23H19F2N3O2. The van der Waals surface area contributed by atoms with E-state index in [1.807, 2.05) is 4.90 Å². The van der Waals surface area contributed by atoms with Crippen LogP contribution in [0.2, 0.25) is 0 Å². The summed E-state index contributed by atoms with van der Waals surface area (Å²) in [5.74, 6) is -0.186. The van der Waals surface area contributed by atoms with Gasteiger partial charge < -0.3 is 9.32 Å². The van der Waals surface area contributed by atoms with Gasteiger partial charge in [-0.3, -0.25) is 9.69 Å². The SMILES string of the molecule is N#C[C@@H](c1ccc(F)cc1)N1CCN(C(=O)c2ccc(-c3ccc(F)cc3)o2)CC1. The van der Waals surface area contributed by atoms with Gasteiger partial charge in [0.1, 0.15) is 23.4 Å². The second kappa shape index (κ2) is 8.47. The largest absolute Gasteiger partial charge is 0.451 e. The first-order chi connectivity index (χ1) is 14.5. The molecule has 1 aliphatic heterocycles. The summed E-state index contributed by atoms with van der Waals surface area (Å²) in [5.41, 5.74) is 1.42. The van der Waals surface area contributed by atoms with Crippen LogP contribution in [0.3, 0.4) is 0 Å². The fourth-order valence-corrected chi connectivity index (χ4v) is 3.57. The van der Waals surface area contributed by atoms with Crippen LogP contribution in [-0.2, 0) is 0 Å². The van der Waals surface area contributed by atoms with Crippen molar-refractivity contribution in [2.24, 2.45) is 0 Å². The summed E-state index contributed by atoms with van der Waals surface area (Å²) in [6.45, 7) is 1.94. The molecule has 5 nitrogen and oxygen atoms in total. The van der Waals surface area contributed by atoms with E-state index in [0.29, 0.717) is 37.5 Å². The van der Waals surface area contributed by atoms with Crippen molar-refractivity contribution in [1.29, 1.82) is 5.26 Å². The summed E-state index contributed by atoms with van der Waals surface area (Å²) < 4.78 is 31.9. The molecule has 0 N–H and O–H groups in total. The van der Waals surface area contributed by atoms with Crippen LogP contribution < -0.4 is 0 Å². The smallest absolute Gasteiger partial charge is 0.289 e. The minimum atomic E-state index is -0.489. The van der Waals surface area contributed by atoms with Crippen molar-refractivity contribution in [1.82, 2.24) is 9.80 Å². The number of carbonyl (C=O) groups is 1. The van der Waals surface area contributed by atoms with Gasteiger partial charge in [0.25, 0.3) is 5.91 Å². The molecule has 1 amide bonds. The molecule has 2 heterocycles. The first-order valence-corrected chi connectivity index (χ1v) is 9.59. The number of halogens is 2. The van der Waals surface area contributed by atoms with E-state index in [1.54, 1.807) is 41.3 Å². The topological polar surface area (TPSA) is 60.5 Å². The molecular weight excluding hydrogens is 388 g/mol. The first-order valence-electron chi connectivity index (χ1n) is 9.59. The zero-order chi connectivity index (χ0) is 21.1. The second-order valence-corrected chi connectivity index (χ2v) is 7.08. The Morgan fingerprint density at radius 3 is 2.10 bits per heavy atom. The maximum atomic E-state index is 13.2. The van der Waals surface area contributed by atoms with Crippen LogP contribution in [0.5, 0.6) is 0 Å². The normalized spacial score (nSPS) is 15.6. The number of rotatable bonds is 4. The van der Waals surface area contributed by atoms with E-state index >= 15 is 0 Å². The fraction of sp³-hybridized carbons (Fsp3) is 0.217. The monoisotopic (exact) mass is 407 g/mol. The minimum Gasteiger partial charge on any atom is -0.451 e. The Hall–Kier alpha value is -3.50. The summed E-state index contributed by atoms with van der Waals surface area (Å²) >= 11 is 0. The Bertz CT molecular complexity index is 1060. The number of nitriles is 1. The predicted octanol–water partition coefficient (Wildman–Crippen LogP) is 4.25. The number of hydrogen-bond donors (Lipinski definition) is 0. The van der Waals surface area contributed by atoms with Gasteiger partial charge in [-0.15, -0.1) is 0 Å². The average molecular weight is 407 g/mol. The number of amides is 1. The van der Waals surface area contributed by atoms with Crippen molar-refractivity contribution in [2.45, 2.75) is 6.04 Å². The van der Waals surface area contributed by atoms with Gasteiger partial charge in [0.2, 0.25) is 0 Å². The van der Waals surface area contributed by atoms with E-state index < -0.39 is 6.04 Å². The van der Waals surface area contributed by atoms with Crippen molar-refractivity contribution in [3.63, 3.8) is 0 Å². The van der Waals surface area contributed by atoms with Gasteiger partial charge in [0, 0.05) is 31.7 Å². The molecule has 0 aliphatic carbocycles. The Labute approximate surface area is 172 Å². The van der Waals surface area contributed by atoms with E-state index in [9.17, 15) is 18.8 Å². The lowest BCUT2D eigenvalue weighted by Gasteiger charge is -2.36. The summed E-state index contributed by atoms with van der Waals surface area (Å²) in [7, 11) is 0. The first kappa shape index (κ1) is 19.8. The Morgan fingerprint density at radius 1 is 0.900 bits per heavy atom. The van der Waals surface area contributed by atoms with Crippen molar-refractivity contribution in [3.8, 4) is 17.4 Å². The van der Waals surface area contributed by atoms with Crippen LogP contribution in [-0.4, -0.2) is 41.9 Å². The van der Waals surface area contributed by atoms with Crippen LogP contribution in [0.1, 0.15) is 22.2 Å². The van der Waals surface area contributed by atoms with Crippen LogP contribution in [0.4, 0.5) is 8.78 Å². The predicted molar refractivity (Wildman–Crippen MR) is 106 cm³/mol. The number of nitrogens with zero attached hydrogens (tertiary/aromatic N) is 3. The molecule has 1 fully saturated rings. The van der Waals surface area contributed by atoms with Crippen molar-refractivity contribution >= 4 is 5.91 Å². The van der Waals surface area contributed by atoms with Crippen LogP contribution >= 0.6 is 0 Å². The molecule has 4 rings (SSSR count). The lowest BCUT2D eigenvalue weighted by molar-refractivity contribution is 0.0577. The maximum Gasteiger partial charge on any atom is 0.289 e.